The van der Waals surface area contributed by atoms with Gasteiger partial charge in [0.1, 0.15) is 0 Å². The van der Waals surface area contributed by atoms with E-state index in [1.807, 2.05) is 6.92 Å². The van der Waals surface area contributed by atoms with Crippen molar-refractivity contribution in [3.05, 3.63) is 27.1 Å². The first-order valence-electron chi connectivity index (χ1n) is 8.04. The smallest absolute Gasteiger partial charge is 0.308 e. The summed E-state index contributed by atoms with van der Waals surface area (Å²) in [5, 5.41) is 0. The average Bonchev–Trinajstić information content (AvgIpc) is 2.52. The molecule has 0 unspecified atom stereocenters. The lowest BCUT2D eigenvalue weighted by Gasteiger charge is -2.11. The molecule has 0 fully saturated rings. The molecule has 0 aliphatic carbocycles. The van der Waals surface area contributed by atoms with E-state index in [1.165, 1.54) is 4.57 Å². The molecule has 0 N–H and O–H groups in total. The molecule has 1 heterocycles. The Balaban J connectivity index is 2.40. The molecule has 0 atom stereocenters. The highest BCUT2D eigenvalue weighted by atomic mass is 32.1. The molecule has 0 saturated carbocycles. The van der Waals surface area contributed by atoms with Crippen molar-refractivity contribution in [2.75, 3.05) is 6.61 Å². The van der Waals surface area contributed by atoms with E-state index in [0.717, 1.165) is 31.9 Å². The number of hydrogen-bond donors (Lipinski definition) is 0. The topological polar surface area (TPSA) is 53.2 Å². The number of carbonyl (C=O) groups is 1. The van der Waals surface area contributed by atoms with Crippen LogP contribution in [-0.2, 0) is 22.6 Å². The fourth-order valence-corrected chi connectivity index (χ4v) is 2.46. The summed E-state index contributed by atoms with van der Waals surface area (Å²) < 4.78 is 21.9. The molecule has 1 aromatic heterocycles. The van der Waals surface area contributed by atoms with E-state index in [4.69, 9.17) is 17.0 Å². The molecule has 0 aliphatic rings. The SMILES string of the molecule is CCn1cc(F)c(=O)n(CCCCCCOC(=O)C(C)C)c1=S. The van der Waals surface area contributed by atoms with Crippen molar-refractivity contribution in [1.82, 2.24) is 9.13 Å². The average molecular weight is 344 g/mol. The number of aryl methyl sites for hydroxylation is 1. The van der Waals surface area contributed by atoms with E-state index in [2.05, 4.69) is 0 Å². The number of halogens is 1. The predicted molar refractivity (Wildman–Crippen MR) is 89.4 cm³/mol. The molecule has 0 bridgehead atoms. The third-order valence-corrected chi connectivity index (χ3v) is 3.98. The largest absolute Gasteiger partial charge is 0.465 e. The van der Waals surface area contributed by atoms with Gasteiger partial charge < -0.3 is 9.30 Å². The van der Waals surface area contributed by atoms with Crippen LogP contribution in [0.1, 0.15) is 46.5 Å². The number of hydrogen-bond acceptors (Lipinski definition) is 4. The van der Waals surface area contributed by atoms with Crippen molar-refractivity contribution >= 4 is 18.2 Å². The second-order valence-corrected chi connectivity index (χ2v) is 6.10. The normalized spacial score (nSPS) is 11.0. The van der Waals surface area contributed by atoms with Crippen LogP contribution in [0.25, 0.3) is 0 Å². The van der Waals surface area contributed by atoms with Crippen molar-refractivity contribution in [2.45, 2.75) is 59.5 Å². The van der Waals surface area contributed by atoms with Gasteiger partial charge in [0.15, 0.2) is 4.77 Å². The number of esters is 1. The Morgan fingerprint density at radius 1 is 1.30 bits per heavy atom. The van der Waals surface area contributed by atoms with Gasteiger partial charge >= 0.3 is 5.97 Å². The van der Waals surface area contributed by atoms with Crippen molar-refractivity contribution < 1.29 is 13.9 Å². The van der Waals surface area contributed by atoms with Crippen LogP contribution in [0, 0.1) is 16.5 Å². The highest BCUT2D eigenvalue weighted by molar-refractivity contribution is 7.71. The minimum atomic E-state index is -0.777. The van der Waals surface area contributed by atoms with Gasteiger partial charge in [0.25, 0.3) is 5.56 Å². The molecule has 7 heteroatoms. The van der Waals surface area contributed by atoms with Crippen molar-refractivity contribution in [1.29, 1.82) is 0 Å². The number of carbonyl (C=O) groups excluding carboxylic acids is 1. The van der Waals surface area contributed by atoms with Gasteiger partial charge in [-0.05, 0) is 38.4 Å². The first-order valence-corrected chi connectivity index (χ1v) is 8.45. The number of aromatic nitrogens is 2. The maximum Gasteiger partial charge on any atom is 0.308 e. The summed E-state index contributed by atoms with van der Waals surface area (Å²) >= 11 is 5.21. The van der Waals surface area contributed by atoms with Crippen LogP contribution in [0.5, 0.6) is 0 Å². The van der Waals surface area contributed by atoms with Crippen LogP contribution in [0.2, 0.25) is 0 Å². The maximum atomic E-state index is 13.6. The number of ether oxygens (including phenoxy) is 1. The van der Waals surface area contributed by atoms with Gasteiger partial charge in [-0.25, -0.2) is 0 Å². The molecule has 130 valence electrons. The van der Waals surface area contributed by atoms with Gasteiger partial charge in [-0.2, -0.15) is 4.39 Å². The standard InChI is InChI=1S/C16H25FN2O3S/c1-4-18-11-13(17)14(20)19(16(18)23)9-7-5-6-8-10-22-15(21)12(2)3/h11-12H,4-10H2,1-3H3. The highest BCUT2D eigenvalue weighted by Crippen LogP contribution is 2.05. The fourth-order valence-electron chi connectivity index (χ4n) is 2.11. The van der Waals surface area contributed by atoms with Gasteiger partial charge in [0.2, 0.25) is 5.82 Å². The van der Waals surface area contributed by atoms with Crippen LogP contribution < -0.4 is 5.56 Å². The molecule has 0 spiro atoms. The Bertz CT molecular complexity index is 637. The Hall–Kier alpha value is -1.50. The zero-order valence-electron chi connectivity index (χ0n) is 14.0. The second kappa shape index (κ2) is 9.60. The lowest BCUT2D eigenvalue weighted by atomic mass is 10.2. The Labute approximate surface area is 141 Å². The van der Waals surface area contributed by atoms with Crippen LogP contribution in [-0.4, -0.2) is 21.7 Å². The third-order valence-electron chi connectivity index (χ3n) is 3.53. The van der Waals surface area contributed by atoms with E-state index in [0.29, 0.717) is 24.5 Å². The van der Waals surface area contributed by atoms with Crippen molar-refractivity contribution in [3.8, 4) is 0 Å². The van der Waals surface area contributed by atoms with E-state index in [-0.39, 0.29) is 11.9 Å². The molecule has 0 saturated heterocycles. The molecular formula is C16H25FN2O3S. The molecule has 0 aliphatic heterocycles. The van der Waals surface area contributed by atoms with Gasteiger partial charge in [0.05, 0.1) is 12.5 Å². The zero-order valence-corrected chi connectivity index (χ0v) is 14.8. The Morgan fingerprint density at radius 3 is 2.57 bits per heavy atom. The minimum Gasteiger partial charge on any atom is -0.465 e. The number of rotatable bonds is 9. The molecule has 0 amide bonds. The molecule has 0 aromatic carbocycles. The number of unbranched alkanes of at least 4 members (excludes halogenated alkanes) is 3. The van der Waals surface area contributed by atoms with Gasteiger partial charge in [-0.1, -0.05) is 20.3 Å². The lowest BCUT2D eigenvalue weighted by Crippen LogP contribution is -2.27. The molecule has 0 radical (unpaired) electrons. The van der Waals surface area contributed by atoms with Crippen LogP contribution in [0.3, 0.4) is 0 Å². The third kappa shape index (κ3) is 5.89. The summed E-state index contributed by atoms with van der Waals surface area (Å²) in [6.45, 7) is 6.79. The zero-order chi connectivity index (χ0) is 17.4. The fraction of sp³-hybridized carbons (Fsp3) is 0.688. The van der Waals surface area contributed by atoms with E-state index in [9.17, 15) is 14.0 Å². The molecule has 1 rings (SSSR count). The minimum absolute atomic E-state index is 0.106. The number of nitrogens with zero attached hydrogens (tertiary/aromatic N) is 2. The predicted octanol–water partition coefficient (Wildman–Crippen LogP) is 3.30. The van der Waals surface area contributed by atoms with E-state index in [1.54, 1.807) is 18.4 Å². The van der Waals surface area contributed by atoms with E-state index < -0.39 is 11.4 Å². The lowest BCUT2D eigenvalue weighted by molar-refractivity contribution is -0.147. The molecular weight excluding hydrogens is 319 g/mol. The molecule has 5 nitrogen and oxygen atoms in total. The molecule has 1 aromatic rings. The summed E-state index contributed by atoms with van der Waals surface area (Å²) in [5.41, 5.74) is -0.662. The molecule has 23 heavy (non-hydrogen) atoms. The second-order valence-electron chi connectivity index (χ2n) is 5.74. The summed E-state index contributed by atoms with van der Waals surface area (Å²) in [5.74, 6) is -1.07. The van der Waals surface area contributed by atoms with Crippen molar-refractivity contribution in [3.63, 3.8) is 0 Å². The van der Waals surface area contributed by atoms with Crippen LogP contribution in [0.4, 0.5) is 4.39 Å². The highest BCUT2D eigenvalue weighted by Gasteiger charge is 2.08. The van der Waals surface area contributed by atoms with Crippen LogP contribution >= 0.6 is 12.2 Å². The van der Waals surface area contributed by atoms with Crippen LogP contribution in [0.15, 0.2) is 11.0 Å². The summed E-state index contributed by atoms with van der Waals surface area (Å²) in [7, 11) is 0. The van der Waals surface area contributed by atoms with Gasteiger partial charge in [-0.3, -0.25) is 14.2 Å². The van der Waals surface area contributed by atoms with Gasteiger partial charge in [-0.15, -0.1) is 0 Å². The van der Waals surface area contributed by atoms with E-state index >= 15 is 0 Å². The Morgan fingerprint density at radius 2 is 1.96 bits per heavy atom. The first-order chi connectivity index (χ1) is 10.9. The summed E-state index contributed by atoms with van der Waals surface area (Å²) in [4.78, 5) is 23.1. The van der Waals surface area contributed by atoms with Crippen molar-refractivity contribution in [2.24, 2.45) is 5.92 Å². The van der Waals surface area contributed by atoms with Gasteiger partial charge in [0, 0.05) is 19.3 Å². The maximum absolute atomic E-state index is 13.6. The first kappa shape index (κ1) is 19.5. The summed E-state index contributed by atoms with van der Waals surface area (Å²) in [6.07, 6.45) is 4.42. The quantitative estimate of drug-likeness (QED) is 0.392. The Kier molecular flexibility index (Phi) is 8.16. The summed E-state index contributed by atoms with van der Waals surface area (Å²) in [6, 6.07) is 0. The monoisotopic (exact) mass is 344 g/mol.